The monoisotopic (exact) mass is 1060 g/mol. The van der Waals surface area contributed by atoms with Gasteiger partial charge in [0.2, 0.25) is 17.7 Å². The standard InChI is InChI=1S/C63H81BN4O10/c1-9-10-13-40-16-19-42(20-17-40)43-21-23-44(24-22-43)51(69)26-15-37(2)54(72)34-46(14-11-12-29-65)61(76)68(8)58-45-25-28-53(71)49(33-45)48-31-41(18-27-52(48)70)32-50(67-59(74)38(3)30-55(58)73)60(75)66-39(4)64-77-57-36-47-35-56(62(47,5)6)63(57,7)78-64/h16-25,27-28,31,33,37-39,46-47,50,56-58,70-71H,9-15,26,29-30,32,34-36,65H2,1-8H3,(H,66,75)(H,67,74)/t37-,38-,39+,46-,47+,50+,56+,57?,58+,63+/m1/s1. The molecular weight excluding hydrogens is 984 g/mol. The Balaban J connectivity index is 0.971. The van der Waals surface area contributed by atoms with Crippen LogP contribution in [0.5, 0.6) is 11.5 Å². The molecule has 78 heavy (non-hydrogen) atoms. The normalized spacial score (nSPS) is 24.6. The minimum absolute atomic E-state index is 0.00529. The summed E-state index contributed by atoms with van der Waals surface area (Å²) in [6.07, 6.45) is 6.61. The third kappa shape index (κ3) is 12.5. The summed E-state index contributed by atoms with van der Waals surface area (Å²) in [7, 11) is 0.784. The average Bonchev–Trinajstić information content (AvgIpc) is 3.77. The molecule has 10 atom stereocenters. The fourth-order valence-electron chi connectivity index (χ4n) is 12.7. The molecular formula is C63H81BN4O10. The summed E-state index contributed by atoms with van der Waals surface area (Å²) in [6.45, 7) is 14.4. The zero-order valence-electron chi connectivity index (χ0n) is 46.9. The van der Waals surface area contributed by atoms with Crippen LogP contribution in [-0.4, -0.2) is 94.6 Å². The topological polar surface area (TPSA) is 215 Å². The zero-order valence-corrected chi connectivity index (χ0v) is 46.9. The molecule has 4 fully saturated rings. The number of amides is 3. The van der Waals surface area contributed by atoms with Crippen molar-refractivity contribution in [1.82, 2.24) is 15.5 Å². The Morgan fingerprint density at radius 1 is 0.859 bits per heavy atom. The Morgan fingerprint density at radius 2 is 1.53 bits per heavy atom. The second-order valence-electron chi connectivity index (χ2n) is 23.8. The number of unbranched alkanes of at least 4 members (excludes halogenated alkanes) is 2. The van der Waals surface area contributed by atoms with Crippen LogP contribution in [-0.2, 0) is 46.1 Å². The predicted octanol–water partition coefficient (Wildman–Crippen LogP) is 9.69. The lowest BCUT2D eigenvalue weighted by molar-refractivity contribution is -0.199. The van der Waals surface area contributed by atoms with E-state index in [4.69, 9.17) is 15.0 Å². The third-order valence-corrected chi connectivity index (χ3v) is 18.0. The molecule has 15 heteroatoms. The van der Waals surface area contributed by atoms with E-state index in [1.807, 2.05) is 31.2 Å². The van der Waals surface area contributed by atoms with Crippen molar-refractivity contribution in [3.8, 4) is 33.8 Å². The number of rotatable bonds is 20. The number of phenols is 2. The number of aryl methyl sites for hydroxylation is 1. The molecule has 3 aliphatic carbocycles. The first kappa shape index (κ1) is 58.0. The second-order valence-corrected chi connectivity index (χ2v) is 23.8. The summed E-state index contributed by atoms with van der Waals surface area (Å²) in [4.78, 5) is 87.1. The van der Waals surface area contributed by atoms with Crippen LogP contribution in [0.25, 0.3) is 22.3 Å². The molecule has 6 bridgehead atoms. The van der Waals surface area contributed by atoms with Gasteiger partial charge in [-0.05, 0) is 135 Å². The van der Waals surface area contributed by atoms with Crippen LogP contribution in [0.3, 0.4) is 0 Å². The number of Topliss-reactive ketones (excluding diaryl/α,β-unsaturated/α-hetero) is 3. The second kappa shape index (κ2) is 24.5. The maximum absolute atomic E-state index is 14.9. The van der Waals surface area contributed by atoms with Crippen LogP contribution in [0, 0.1) is 35.0 Å². The lowest BCUT2D eigenvalue weighted by atomic mass is 9.43. The highest BCUT2D eigenvalue weighted by Gasteiger charge is 2.68. The summed E-state index contributed by atoms with van der Waals surface area (Å²) in [5, 5.41) is 28.6. The van der Waals surface area contributed by atoms with Gasteiger partial charge in [0.15, 0.2) is 11.6 Å². The molecule has 4 aromatic carbocycles. The largest absolute Gasteiger partial charge is 0.507 e. The lowest BCUT2D eigenvalue weighted by Crippen LogP contribution is -2.65. The van der Waals surface area contributed by atoms with Gasteiger partial charge in [0.05, 0.1) is 17.6 Å². The molecule has 3 amide bonds. The van der Waals surface area contributed by atoms with E-state index >= 15 is 0 Å². The van der Waals surface area contributed by atoms with Gasteiger partial charge in [-0.3, -0.25) is 28.8 Å². The van der Waals surface area contributed by atoms with Gasteiger partial charge in [-0.2, -0.15) is 0 Å². The van der Waals surface area contributed by atoms with E-state index < -0.39 is 72.0 Å². The minimum atomic E-state index is -1.28. The van der Waals surface area contributed by atoms with E-state index in [1.54, 1.807) is 32.0 Å². The van der Waals surface area contributed by atoms with Crippen molar-refractivity contribution in [3.05, 3.63) is 107 Å². The van der Waals surface area contributed by atoms with Crippen molar-refractivity contribution < 1.29 is 48.3 Å². The zero-order chi connectivity index (χ0) is 56.2. The van der Waals surface area contributed by atoms with E-state index in [0.717, 1.165) is 43.2 Å². The van der Waals surface area contributed by atoms with Gasteiger partial charge in [0.1, 0.15) is 29.4 Å². The van der Waals surface area contributed by atoms with Crippen molar-refractivity contribution in [1.29, 1.82) is 0 Å². The number of nitrogens with two attached hydrogens (primary N) is 1. The highest BCUT2D eigenvalue weighted by molar-refractivity contribution is 6.47. The molecule has 0 spiro atoms. The summed E-state index contributed by atoms with van der Waals surface area (Å²) < 4.78 is 13.1. The van der Waals surface area contributed by atoms with Gasteiger partial charge in [-0.25, -0.2) is 0 Å². The van der Waals surface area contributed by atoms with Crippen LogP contribution >= 0.6 is 0 Å². The number of nitrogens with one attached hydrogen (secondary N) is 2. The molecule has 5 aliphatic rings. The predicted molar refractivity (Wildman–Crippen MR) is 302 cm³/mol. The summed E-state index contributed by atoms with van der Waals surface area (Å²) >= 11 is 0. The Labute approximate surface area is 461 Å². The molecule has 2 aliphatic heterocycles. The summed E-state index contributed by atoms with van der Waals surface area (Å²) in [6, 6.07) is 22.8. The van der Waals surface area contributed by atoms with E-state index in [1.165, 1.54) is 35.7 Å². The van der Waals surface area contributed by atoms with E-state index in [0.29, 0.717) is 54.3 Å². The highest BCUT2D eigenvalue weighted by atomic mass is 16.7. The van der Waals surface area contributed by atoms with Gasteiger partial charge in [-0.1, -0.05) is 108 Å². The fraction of sp³-hybridized carbons (Fsp3) is 0.524. The van der Waals surface area contributed by atoms with Crippen molar-refractivity contribution in [2.75, 3.05) is 13.6 Å². The maximum atomic E-state index is 14.9. The number of hydrogen-bond acceptors (Lipinski definition) is 11. The molecule has 0 radical (unpaired) electrons. The number of likely N-dealkylation sites (N-methyl/N-ethyl adjacent to an activating group) is 1. The summed E-state index contributed by atoms with van der Waals surface area (Å²) in [5.74, 6) is -4.74. The number of hydrogen-bond donors (Lipinski definition) is 5. The average molecular weight is 1070 g/mol. The Kier molecular flexibility index (Phi) is 18.2. The maximum Gasteiger partial charge on any atom is 0.481 e. The van der Waals surface area contributed by atoms with Crippen molar-refractivity contribution in [3.63, 3.8) is 0 Å². The third-order valence-electron chi connectivity index (χ3n) is 18.0. The number of fused-ring (bicyclic) bond motifs is 5. The molecule has 3 saturated carbocycles. The minimum Gasteiger partial charge on any atom is -0.507 e. The van der Waals surface area contributed by atoms with Gasteiger partial charge in [0.25, 0.3) is 0 Å². The van der Waals surface area contributed by atoms with Crippen LogP contribution in [0.15, 0.2) is 84.9 Å². The molecule has 1 saturated heterocycles. The SMILES string of the molecule is CCCCc1ccc(-c2ccc(C(=O)CC[C@@H](C)C(=O)C[C@@H](CCCCN)C(=O)N(C)[C@@H]3C(=O)C[C@@H](C)C(=O)N[C@H](C(=O)N[C@@H](C)B4OC5C[C@@H]6C[C@@H](C6(C)C)[C@]5(C)O4)Cc4ccc(O)c(c4)-c4cc3ccc4O)cc2)cc1. The number of phenolic OH excluding ortho intramolecular Hbond substituents is 2. The molecule has 4 aromatic rings. The van der Waals surface area contributed by atoms with Gasteiger partial charge in [0, 0.05) is 67.2 Å². The fourth-order valence-corrected chi connectivity index (χ4v) is 12.7. The first-order valence-corrected chi connectivity index (χ1v) is 28.5. The number of benzene rings is 4. The lowest BCUT2D eigenvalue weighted by Gasteiger charge is -2.64. The van der Waals surface area contributed by atoms with Gasteiger partial charge < -0.3 is 40.8 Å². The van der Waals surface area contributed by atoms with Crippen LogP contribution in [0.4, 0.5) is 0 Å². The number of carbonyl (C=O) groups excluding carboxylic acids is 6. The molecule has 2 heterocycles. The number of nitrogens with zero attached hydrogens (tertiary/aromatic N) is 1. The van der Waals surface area contributed by atoms with Crippen molar-refractivity contribution >= 4 is 42.2 Å². The molecule has 6 N–H and O–H groups in total. The molecule has 416 valence electrons. The molecule has 1 unspecified atom stereocenters. The Morgan fingerprint density at radius 3 is 2.19 bits per heavy atom. The first-order chi connectivity index (χ1) is 37.1. The van der Waals surface area contributed by atoms with Crippen molar-refractivity contribution in [2.24, 2.45) is 40.7 Å². The Bertz CT molecular complexity index is 2850. The van der Waals surface area contributed by atoms with E-state index in [9.17, 15) is 39.0 Å². The number of carbonyl (C=O) groups is 6. The first-order valence-electron chi connectivity index (χ1n) is 28.5. The molecule has 0 aromatic heterocycles. The van der Waals surface area contributed by atoms with Crippen molar-refractivity contribution in [2.45, 2.75) is 162 Å². The van der Waals surface area contributed by atoms with Gasteiger partial charge in [-0.15, -0.1) is 0 Å². The molecule has 9 rings (SSSR count). The van der Waals surface area contributed by atoms with Crippen LogP contribution in [0.1, 0.15) is 152 Å². The smallest absolute Gasteiger partial charge is 0.481 e. The highest BCUT2D eigenvalue weighted by Crippen LogP contribution is 2.65. The number of ketones is 3. The molecule has 14 nitrogen and oxygen atoms in total. The van der Waals surface area contributed by atoms with Crippen LogP contribution in [0.2, 0.25) is 0 Å². The summed E-state index contributed by atoms with van der Waals surface area (Å²) in [5.41, 5.74) is 10.7. The van der Waals surface area contributed by atoms with Gasteiger partial charge >= 0.3 is 7.12 Å². The van der Waals surface area contributed by atoms with Crippen LogP contribution < -0.4 is 16.4 Å². The number of aromatic hydroxyl groups is 2. The van der Waals surface area contributed by atoms with E-state index in [-0.39, 0.29) is 77.8 Å². The quantitative estimate of drug-likeness (QED) is 0.0319. The van der Waals surface area contributed by atoms with E-state index in [2.05, 4.69) is 62.6 Å². The Hall–Kier alpha value is -6.16.